The third-order valence-corrected chi connectivity index (χ3v) is 4.36. The van der Waals surface area contributed by atoms with Crippen molar-refractivity contribution < 1.29 is 9.47 Å². The molecule has 0 aromatic heterocycles. The first-order chi connectivity index (χ1) is 12.1. The predicted molar refractivity (Wildman–Crippen MR) is 112 cm³/mol. The number of hydrogen-bond acceptors (Lipinski definition) is 3. The van der Waals surface area contributed by atoms with Crippen LogP contribution in [-0.2, 0) is 13.2 Å². The van der Waals surface area contributed by atoms with Gasteiger partial charge in [-0.15, -0.1) is 12.4 Å². The maximum atomic E-state index is 6.43. The lowest BCUT2D eigenvalue weighted by molar-refractivity contribution is 0.284. The zero-order valence-electron chi connectivity index (χ0n) is 15.8. The van der Waals surface area contributed by atoms with Crippen LogP contribution in [0.15, 0.2) is 36.4 Å². The second kappa shape index (κ2) is 12.1. The van der Waals surface area contributed by atoms with Crippen LogP contribution in [0.25, 0.3) is 0 Å². The SMILES string of the molecule is CCCCCNCc1cc(Cl)c(OCc2ccc(C)cc2)c(OC)c1.Cl. The number of rotatable bonds is 10. The number of unbranched alkanes of at least 4 members (excludes halogenated alkanes) is 2. The molecule has 0 fully saturated rings. The number of ether oxygens (including phenoxy) is 2. The summed E-state index contributed by atoms with van der Waals surface area (Å²) in [5, 5.41) is 4.02. The minimum Gasteiger partial charge on any atom is -0.493 e. The van der Waals surface area contributed by atoms with Crippen molar-refractivity contribution in [2.45, 2.75) is 46.3 Å². The molecule has 1 N–H and O–H groups in total. The first kappa shape index (κ1) is 22.6. The Morgan fingerprint density at radius 3 is 2.42 bits per heavy atom. The molecule has 0 amide bonds. The normalized spacial score (nSPS) is 10.3. The number of halogens is 2. The van der Waals surface area contributed by atoms with Crippen molar-refractivity contribution in [3.8, 4) is 11.5 Å². The molecule has 0 unspecified atom stereocenters. The quantitative estimate of drug-likeness (QED) is 0.503. The highest BCUT2D eigenvalue weighted by Crippen LogP contribution is 2.37. The summed E-state index contributed by atoms with van der Waals surface area (Å²) >= 11 is 6.43. The molecule has 144 valence electrons. The van der Waals surface area contributed by atoms with E-state index in [2.05, 4.69) is 43.4 Å². The van der Waals surface area contributed by atoms with E-state index in [1.807, 2.05) is 12.1 Å². The maximum absolute atomic E-state index is 6.43. The molecule has 0 spiro atoms. The van der Waals surface area contributed by atoms with Gasteiger partial charge in [-0.3, -0.25) is 0 Å². The first-order valence-electron chi connectivity index (χ1n) is 8.89. The zero-order valence-corrected chi connectivity index (χ0v) is 17.4. The molecule has 0 bridgehead atoms. The predicted octanol–water partition coefficient (Wildman–Crippen LogP) is 5.94. The van der Waals surface area contributed by atoms with Crippen LogP contribution in [-0.4, -0.2) is 13.7 Å². The molecule has 2 rings (SSSR count). The lowest BCUT2D eigenvalue weighted by Gasteiger charge is -2.15. The molecule has 0 heterocycles. The highest BCUT2D eigenvalue weighted by atomic mass is 35.5. The maximum Gasteiger partial charge on any atom is 0.180 e. The fourth-order valence-corrected chi connectivity index (χ4v) is 2.88. The fraction of sp³-hybridized carbons (Fsp3) is 0.429. The van der Waals surface area contributed by atoms with Gasteiger partial charge in [-0.25, -0.2) is 0 Å². The lowest BCUT2D eigenvalue weighted by Crippen LogP contribution is -2.14. The monoisotopic (exact) mass is 397 g/mol. The molecule has 0 aliphatic carbocycles. The summed E-state index contributed by atoms with van der Waals surface area (Å²) in [5.41, 5.74) is 3.43. The highest BCUT2D eigenvalue weighted by Gasteiger charge is 2.12. The summed E-state index contributed by atoms with van der Waals surface area (Å²) in [6.07, 6.45) is 3.68. The van der Waals surface area contributed by atoms with E-state index >= 15 is 0 Å². The molecule has 2 aromatic rings. The molecule has 5 heteroatoms. The van der Waals surface area contributed by atoms with Gasteiger partial charge in [-0.2, -0.15) is 0 Å². The van der Waals surface area contributed by atoms with E-state index < -0.39 is 0 Å². The van der Waals surface area contributed by atoms with Gasteiger partial charge in [0.1, 0.15) is 6.61 Å². The van der Waals surface area contributed by atoms with E-state index in [0.29, 0.717) is 23.1 Å². The Bertz CT molecular complexity index is 660. The number of aryl methyl sites for hydroxylation is 1. The zero-order chi connectivity index (χ0) is 18.1. The Balaban J connectivity index is 0.00000338. The Labute approximate surface area is 168 Å². The van der Waals surface area contributed by atoms with E-state index in [-0.39, 0.29) is 12.4 Å². The minimum atomic E-state index is 0. The number of nitrogens with one attached hydrogen (secondary N) is 1. The van der Waals surface area contributed by atoms with Crippen molar-refractivity contribution in [2.75, 3.05) is 13.7 Å². The third kappa shape index (κ3) is 7.06. The van der Waals surface area contributed by atoms with E-state index in [4.69, 9.17) is 21.1 Å². The van der Waals surface area contributed by atoms with Gasteiger partial charge in [0.25, 0.3) is 0 Å². The van der Waals surface area contributed by atoms with Crippen molar-refractivity contribution in [3.63, 3.8) is 0 Å². The number of benzene rings is 2. The van der Waals surface area contributed by atoms with Gasteiger partial charge in [0.2, 0.25) is 0 Å². The van der Waals surface area contributed by atoms with Crippen molar-refractivity contribution in [1.29, 1.82) is 0 Å². The Hall–Kier alpha value is -1.42. The van der Waals surface area contributed by atoms with Crippen LogP contribution >= 0.6 is 24.0 Å². The summed E-state index contributed by atoms with van der Waals surface area (Å²) in [4.78, 5) is 0. The van der Waals surface area contributed by atoms with Crippen LogP contribution in [0.5, 0.6) is 11.5 Å². The van der Waals surface area contributed by atoms with Crippen LogP contribution in [0.1, 0.15) is 42.9 Å². The molecule has 0 atom stereocenters. The summed E-state index contributed by atoms with van der Waals surface area (Å²) in [5.74, 6) is 1.27. The molecular weight excluding hydrogens is 369 g/mol. The summed E-state index contributed by atoms with van der Waals surface area (Å²) < 4.78 is 11.4. The lowest BCUT2D eigenvalue weighted by atomic mass is 10.1. The van der Waals surface area contributed by atoms with Crippen molar-refractivity contribution >= 4 is 24.0 Å². The molecule has 0 radical (unpaired) electrons. The van der Waals surface area contributed by atoms with Crippen LogP contribution < -0.4 is 14.8 Å². The van der Waals surface area contributed by atoms with Gasteiger partial charge >= 0.3 is 0 Å². The van der Waals surface area contributed by atoms with Gasteiger partial charge in [-0.05, 0) is 43.1 Å². The second-order valence-corrected chi connectivity index (χ2v) is 6.67. The van der Waals surface area contributed by atoms with Crippen LogP contribution in [0.4, 0.5) is 0 Å². The van der Waals surface area contributed by atoms with E-state index in [1.165, 1.54) is 24.8 Å². The molecule has 3 nitrogen and oxygen atoms in total. The highest BCUT2D eigenvalue weighted by molar-refractivity contribution is 6.32. The van der Waals surface area contributed by atoms with Crippen LogP contribution in [0, 0.1) is 6.92 Å². The molecule has 0 aliphatic rings. The van der Waals surface area contributed by atoms with E-state index in [9.17, 15) is 0 Å². The second-order valence-electron chi connectivity index (χ2n) is 6.27. The fourth-order valence-electron chi connectivity index (χ4n) is 2.59. The number of methoxy groups -OCH3 is 1. The average molecular weight is 398 g/mol. The molecular formula is C21H29Cl2NO2. The summed E-state index contributed by atoms with van der Waals surface area (Å²) in [6, 6.07) is 12.2. The first-order valence-corrected chi connectivity index (χ1v) is 9.27. The Kier molecular flexibility index (Phi) is 10.5. The smallest absolute Gasteiger partial charge is 0.180 e. The van der Waals surface area contributed by atoms with Crippen molar-refractivity contribution in [3.05, 3.63) is 58.1 Å². The van der Waals surface area contributed by atoms with Crippen molar-refractivity contribution in [2.24, 2.45) is 0 Å². The van der Waals surface area contributed by atoms with Gasteiger partial charge < -0.3 is 14.8 Å². The molecule has 0 aliphatic heterocycles. The van der Waals surface area contributed by atoms with E-state index in [1.54, 1.807) is 7.11 Å². The van der Waals surface area contributed by atoms with Crippen LogP contribution in [0.3, 0.4) is 0 Å². The van der Waals surface area contributed by atoms with Gasteiger partial charge in [-0.1, -0.05) is 61.2 Å². The standard InChI is InChI=1S/C21H28ClNO2.ClH/c1-4-5-6-11-23-14-18-12-19(22)21(20(13-18)24-3)25-15-17-9-7-16(2)8-10-17;/h7-10,12-13,23H,4-6,11,14-15H2,1-3H3;1H. The molecule has 0 saturated carbocycles. The molecule has 0 saturated heterocycles. The molecule has 26 heavy (non-hydrogen) atoms. The van der Waals surface area contributed by atoms with E-state index in [0.717, 1.165) is 24.2 Å². The largest absolute Gasteiger partial charge is 0.493 e. The van der Waals surface area contributed by atoms with Crippen molar-refractivity contribution in [1.82, 2.24) is 5.32 Å². The van der Waals surface area contributed by atoms with Gasteiger partial charge in [0.05, 0.1) is 12.1 Å². The topological polar surface area (TPSA) is 30.5 Å². The minimum absolute atomic E-state index is 0. The van der Waals surface area contributed by atoms with Gasteiger partial charge in [0, 0.05) is 6.54 Å². The Morgan fingerprint density at radius 1 is 1.04 bits per heavy atom. The van der Waals surface area contributed by atoms with Gasteiger partial charge in [0.15, 0.2) is 11.5 Å². The summed E-state index contributed by atoms with van der Waals surface area (Å²) in [7, 11) is 1.64. The summed E-state index contributed by atoms with van der Waals surface area (Å²) in [6.45, 7) is 6.53. The third-order valence-electron chi connectivity index (χ3n) is 4.08. The van der Waals surface area contributed by atoms with Crippen LogP contribution in [0.2, 0.25) is 5.02 Å². The molecule has 2 aromatic carbocycles. The average Bonchev–Trinajstić information content (AvgIpc) is 2.61. The number of hydrogen-bond donors (Lipinski definition) is 1. The Morgan fingerprint density at radius 2 is 1.77 bits per heavy atom.